The van der Waals surface area contributed by atoms with Gasteiger partial charge in [0.1, 0.15) is 0 Å². The third-order valence-electron chi connectivity index (χ3n) is 4.24. The lowest BCUT2D eigenvalue weighted by Gasteiger charge is -2.10. The van der Waals surface area contributed by atoms with Gasteiger partial charge in [0.15, 0.2) is 0 Å². The molecule has 0 bridgehead atoms. The fourth-order valence-corrected chi connectivity index (χ4v) is 2.70. The van der Waals surface area contributed by atoms with Gasteiger partial charge in [0.25, 0.3) is 5.91 Å². The average molecular weight is 378 g/mol. The predicted octanol–water partition coefficient (Wildman–Crippen LogP) is 3.28. The summed E-state index contributed by atoms with van der Waals surface area (Å²) in [5.74, 6) is 0.434. The fraction of sp³-hybridized carbons (Fsp3) is 0.238. The molecule has 2 aromatic carbocycles. The lowest BCUT2D eigenvalue weighted by atomic mass is 10.1. The van der Waals surface area contributed by atoms with Crippen molar-refractivity contribution in [3.63, 3.8) is 0 Å². The Balaban J connectivity index is 1.56. The Bertz CT molecular complexity index is 993. The summed E-state index contributed by atoms with van der Waals surface area (Å²) >= 11 is 0. The first kappa shape index (κ1) is 19.3. The maximum Gasteiger partial charge on any atom is 0.251 e. The van der Waals surface area contributed by atoms with Crippen LogP contribution in [0.2, 0.25) is 0 Å². The molecule has 2 amide bonds. The highest BCUT2D eigenvalue weighted by molar-refractivity contribution is 5.99. The summed E-state index contributed by atoms with van der Waals surface area (Å²) in [6, 6.07) is 12.6. The van der Waals surface area contributed by atoms with Crippen molar-refractivity contribution in [1.82, 2.24) is 15.5 Å². The summed E-state index contributed by atoms with van der Waals surface area (Å²) in [6.45, 7) is 5.74. The molecule has 1 aromatic heterocycles. The summed E-state index contributed by atoms with van der Waals surface area (Å²) in [5, 5.41) is 9.33. The first-order valence-corrected chi connectivity index (χ1v) is 9.04. The number of carbonyl (C=O) groups excluding carboxylic acids is 2. The summed E-state index contributed by atoms with van der Waals surface area (Å²) in [7, 11) is 0. The topological polar surface area (TPSA) is 97.1 Å². The molecule has 28 heavy (non-hydrogen) atoms. The van der Waals surface area contributed by atoms with Gasteiger partial charge in [0, 0.05) is 23.2 Å². The first-order valence-electron chi connectivity index (χ1n) is 9.04. The Morgan fingerprint density at radius 2 is 1.82 bits per heavy atom. The molecule has 0 atom stereocenters. The zero-order valence-electron chi connectivity index (χ0n) is 16.1. The standard InChI is InChI=1S/C21H22N4O3/c1-4-19-24-20(25-28-19)15-6-8-16(9-7-15)21(27)22-12-18(26)23-17-10-5-13(2)11-14(17)3/h5-11H,4,12H2,1-3H3,(H,22,27)(H,23,26). The van der Waals surface area contributed by atoms with E-state index in [4.69, 9.17) is 4.52 Å². The number of anilines is 1. The van der Waals surface area contributed by atoms with Crippen molar-refractivity contribution in [2.24, 2.45) is 0 Å². The van der Waals surface area contributed by atoms with Gasteiger partial charge < -0.3 is 15.2 Å². The second-order valence-corrected chi connectivity index (χ2v) is 6.49. The van der Waals surface area contributed by atoms with Crippen molar-refractivity contribution in [3.8, 4) is 11.4 Å². The molecule has 144 valence electrons. The maximum absolute atomic E-state index is 12.3. The van der Waals surface area contributed by atoms with Crippen LogP contribution in [-0.2, 0) is 11.2 Å². The Labute approximate surface area is 163 Å². The van der Waals surface area contributed by atoms with Crippen molar-refractivity contribution in [2.75, 3.05) is 11.9 Å². The first-order chi connectivity index (χ1) is 13.5. The van der Waals surface area contributed by atoms with E-state index in [-0.39, 0.29) is 18.4 Å². The van der Waals surface area contributed by atoms with Crippen LogP contribution in [0.3, 0.4) is 0 Å². The molecule has 0 aliphatic heterocycles. The average Bonchev–Trinajstić information content (AvgIpc) is 3.18. The fourth-order valence-electron chi connectivity index (χ4n) is 2.70. The van der Waals surface area contributed by atoms with Crippen LogP contribution in [0.15, 0.2) is 47.0 Å². The molecule has 0 radical (unpaired) electrons. The predicted molar refractivity (Wildman–Crippen MR) is 106 cm³/mol. The molecule has 3 rings (SSSR count). The molecule has 7 nitrogen and oxygen atoms in total. The monoisotopic (exact) mass is 378 g/mol. The second kappa shape index (κ2) is 8.47. The Morgan fingerprint density at radius 3 is 2.46 bits per heavy atom. The number of rotatable bonds is 6. The van der Waals surface area contributed by atoms with Gasteiger partial charge in [0.2, 0.25) is 17.6 Å². The summed E-state index contributed by atoms with van der Waals surface area (Å²) < 4.78 is 5.09. The molecule has 0 fully saturated rings. The van der Waals surface area contributed by atoms with E-state index in [1.54, 1.807) is 24.3 Å². The summed E-state index contributed by atoms with van der Waals surface area (Å²) in [5.41, 5.74) is 4.04. The van der Waals surface area contributed by atoms with E-state index < -0.39 is 0 Å². The molecule has 2 N–H and O–H groups in total. The van der Waals surface area contributed by atoms with Crippen LogP contribution in [0.4, 0.5) is 5.69 Å². The molecule has 1 heterocycles. The van der Waals surface area contributed by atoms with Crippen LogP contribution >= 0.6 is 0 Å². The molecular weight excluding hydrogens is 356 g/mol. The number of amides is 2. The van der Waals surface area contributed by atoms with E-state index in [1.165, 1.54) is 0 Å². The number of hydrogen-bond acceptors (Lipinski definition) is 5. The van der Waals surface area contributed by atoms with E-state index >= 15 is 0 Å². The quantitative estimate of drug-likeness (QED) is 0.686. The highest BCUT2D eigenvalue weighted by Crippen LogP contribution is 2.17. The largest absolute Gasteiger partial charge is 0.343 e. The molecule has 0 saturated heterocycles. The van der Waals surface area contributed by atoms with Crippen LogP contribution in [0.25, 0.3) is 11.4 Å². The maximum atomic E-state index is 12.3. The van der Waals surface area contributed by atoms with Crippen molar-refractivity contribution in [3.05, 3.63) is 65.0 Å². The van der Waals surface area contributed by atoms with Crippen LogP contribution < -0.4 is 10.6 Å². The van der Waals surface area contributed by atoms with Gasteiger partial charge in [-0.3, -0.25) is 9.59 Å². The minimum Gasteiger partial charge on any atom is -0.343 e. The number of benzene rings is 2. The smallest absolute Gasteiger partial charge is 0.251 e. The van der Waals surface area contributed by atoms with E-state index in [0.29, 0.717) is 23.7 Å². The van der Waals surface area contributed by atoms with E-state index in [2.05, 4.69) is 20.8 Å². The molecule has 0 spiro atoms. The molecular formula is C21H22N4O3. The lowest BCUT2D eigenvalue weighted by Crippen LogP contribution is -2.33. The zero-order chi connectivity index (χ0) is 20.1. The molecule has 0 aliphatic carbocycles. The Morgan fingerprint density at radius 1 is 1.07 bits per heavy atom. The number of nitrogens with zero attached hydrogens (tertiary/aromatic N) is 2. The van der Waals surface area contributed by atoms with Crippen molar-refractivity contribution in [2.45, 2.75) is 27.2 Å². The van der Waals surface area contributed by atoms with Crippen LogP contribution in [-0.4, -0.2) is 28.5 Å². The van der Waals surface area contributed by atoms with Gasteiger partial charge in [-0.2, -0.15) is 4.98 Å². The summed E-state index contributed by atoms with van der Waals surface area (Å²) in [4.78, 5) is 28.6. The lowest BCUT2D eigenvalue weighted by molar-refractivity contribution is -0.115. The third-order valence-corrected chi connectivity index (χ3v) is 4.24. The Kier molecular flexibility index (Phi) is 5.84. The number of hydrogen-bond donors (Lipinski definition) is 2. The number of aryl methyl sites for hydroxylation is 3. The van der Waals surface area contributed by atoms with Crippen LogP contribution in [0, 0.1) is 13.8 Å². The molecule has 3 aromatic rings. The van der Waals surface area contributed by atoms with Crippen molar-refractivity contribution in [1.29, 1.82) is 0 Å². The normalized spacial score (nSPS) is 10.5. The second-order valence-electron chi connectivity index (χ2n) is 6.49. The highest BCUT2D eigenvalue weighted by atomic mass is 16.5. The van der Waals surface area contributed by atoms with Crippen molar-refractivity contribution >= 4 is 17.5 Å². The highest BCUT2D eigenvalue weighted by Gasteiger charge is 2.11. The number of aromatic nitrogens is 2. The van der Waals surface area contributed by atoms with Crippen LogP contribution in [0.5, 0.6) is 0 Å². The van der Waals surface area contributed by atoms with Crippen molar-refractivity contribution < 1.29 is 14.1 Å². The minimum atomic E-state index is -0.329. The SMILES string of the molecule is CCc1nc(-c2ccc(C(=O)NCC(=O)Nc3ccc(C)cc3C)cc2)no1. The van der Waals surface area contributed by atoms with E-state index in [9.17, 15) is 9.59 Å². The van der Waals surface area contributed by atoms with Gasteiger partial charge in [-0.15, -0.1) is 0 Å². The van der Waals surface area contributed by atoms with Gasteiger partial charge in [-0.25, -0.2) is 0 Å². The molecule has 7 heteroatoms. The van der Waals surface area contributed by atoms with Gasteiger partial charge in [-0.05, 0) is 37.6 Å². The van der Waals surface area contributed by atoms with E-state index in [1.807, 2.05) is 39.0 Å². The number of carbonyl (C=O) groups is 2. The number of nitrogens with one attached hydrogen (secondary N) is 2. The van der Waals surface area contributed by atoms with Gasteiger partial charge in [0.05, 0.1) is 6.54 Å². The van der Waals surface area contributed by atoms with Crippen LogP contribution in [0.1, 0.15) is 34.3 Å². The van der Waals surface area contributed by atoms with Gasteiger partial charge in [-0.1, -0.05) is 41.9 Å². The minimum absolute atomic E-state index is 0.112. The van der Waals surface area contributed by atoms with E-state index in [0.717, 1.165) is 22.4 Å². The molecule has 0 saturated carbocycles. The zero-order valence-corrected chi connectivity index (χ0v) is 16.1. The molecule has 0 aliphatic rings. The molecule has 0 unspecified atom stereocenters. The van der Waals surface area contributed by atoms with Gasteiger partial charge >= 0.3 is 0 Å². The Hall–Kier alpha value is -3.48. The third kappa shape index (κ3) is 4.62. The summed E-state index contributed by atoms with van der Waals surface area (Å²) in [6.07, 6.45) is 0.664.